The number of nitrogens with one attached hydrogen (secondary N) is 1. The average molecular weight is 419 g/mol. The zero-order valence-corrected chi connectivity index (χ0v) is 16.6. The van der Waals surface area contributed by atoms with E-state index < -0.39 is 0 Å². The third-order valence-corrected chi connectivity index (χ3v) is 7.22. The maximum absolute atomic E-state index is 12.7. The second-order valence-corrected chi connectivity index (χ2v) is 8.78. The minimum atomic E-state index is -0.171. The summed E-state index contributed by atoms with van der Waals surface area (Å²) in [5.41, 5.74) is 2.78. The predicted molar refractivity (Wildman–Crippen MR) is 101 cm³/mol. The van der Waals surface area contributed by atoms with Crippen molar-refractivity contribution >= 4 is 39.3 Å². The fourth-order valence-corrected chi connectivity index (χ4v) is 5.49. The number of likely N-dealkylation sites (tertiary alicyclic amines) is 1. The summed E-state index contributed by atoms with van der Waals surface area (Å²) in [4.78, 5) is 39.0. The minimum Gasteiger partial charge on any atom is -0.326 e. The van der Waals surface area contributed by atoms with Gasteiger partial charge in [0.15, 0.2) is 0 Å². The molecule has 4 rings (SSSR count). The molecule has 0 unspecified atom stereocenters. The topological polar surface area (TPSA) is 66.5 Å². The normalized spacial score (nSPS) is 29.4. The highest BCUT2D eigenvalue weighted by atomic mass is 79.9. The van der Waals surface area contributed by atoms with Gasteiger partial charge >= 0.3 is 0 Å². The quantitative estimate of drug-likeness (QED) is 0.761. The summed E-state index contributed by atoms with van der Waals surface area (Å²) >= 11 is 3.48. The van der Waals surface area contributed by atoms with Crippen molar-refractivity contribution in [2.24, 2.45) is 23.7 Å². The summed E-state index contributed by atoms with van der Waals surface area (Å²) in [5.74, 6) is 0.283. The number of hydrogen-bond acceptors (Lipinski definition) is 3. The van der Waals surface area contributed by atoms with E-state index in [1.54, 1.807) is 0 Å². The molecule has 2 aliphatic carbocycles. The van der Waals surface area contributed by atoms with Crippen molar-refractivity contribution in [3.63, 3.8) is 0 Å². The Bertz CT molecular complexity index is 778. The third-order valence-electron chi connectivity index (χ3n) is 6.36. The van der Waals surface area contributed by atoms with Crippen LogP contribution in [0.1, 0.15) is 36.8 Å². The second kappa shape index (κ2) is 6.48. The van der Waals surface area contributed by atoms with Gasteiger partial charge in [-0.3, -0.25) is 19.3 Å². The molecule has 1 aromatic carbocycles. The van der Waals surface area contributed by atoms with Gasteiger partial charge in [0.2, 0.25) is 17.7 Å². The van der Waals surface area contributed by atoms with Crippen molar-refractivity contribution in [2.75, 3.05) is 11.9 Å². The Balaban J connectivity index is 1.39. The number of anilines is 1. The molecule has 138 valence electrons. The molecule has 0 radical (unpaired) electrons. The highest BCUT2D eigenvalue weighted by Crippen LogP contribution is 2.56. The van der Waals surface area contributed by atoms with Crippen LogP contribution in [0.4, 0.5) is 5.69 Å². The van der Waals surface area contributed by atoms with E-state index in [1.807, 2.05) is 26.0 Å². The lowest BCUT2D eigenvalue weighted by molar-refractivity contribution is -0.140. The first-order valence-electron chi connectivity index (χ1n) is 9.28. The molecule has 1 saturated heterocycles. The number of aryl methyl sites for hydroxylation is 2. The van der Waals surface area contributed by atoms with Crippen LogP contribution in [0.2, 0.25) is 0 Å². The molecule has 2 bridgehead atoms. The van der Waals surface area contributed by atoms with Gasteiger partial charge in [-0.2, -0.15) is 0 Å². The summed E-state index contributed by atoms with van der Waals surface area (Å²) in [7, 11) is 0. The lowest BCUT2D eigenvalue weighted by Crippen LogP contribution is -2.35. The summed E-state index contributed by atoms with van der Waals surface area (Å²) in [6, 6.07) is 3.89. The molecule has 4 atom stereocenters. The van der Waals surface area contributed by atoms with Gasteiger partial charge in [0.25, 0.3) is 0 Å². The van der Waals surface area contributed by atoms with Crippen LogP contribution in [0.25, 0.3) is 0 Å². The van der Waals surface area contributed by atoms with Gasteiger partial charge in [-0.15, -0.1) is 0 Å². The first-order valence-corrected chi connectivity index (χ1v) is 10.1. The zero-order valence-electron chi connectivity index (χ0n) is 15.0. The summed E-state index contributed by atoms with van der Waals surface area (Å²) < 4.78 is 1.00. The fraction of sp³-hybridized carbons (Fsp3) is 0.550. The largest absolute Gasteiger partial charge is 0.326 e. The van der Waals surface area contributed by atoms with Crippen LogP contribution in [-0.2, 0) is 14.4 Å². The van der Waals surface area contributed by atoms with Crippen molar-refractivity contribution in [3.05, 3.63) is 27.7 Å². The lowest BCUT2D eigenvalue weighted by atomic mass is 9.81. The van der Waals surface area contributed by atoms with Crippen LogP contribution in [0.5, 0.6) is 0 Å². The number of carbonyl (C=O) groups excluding carboxylic acids is 3. The van der Waals surface area contributed by atoms with Gasteiger partial charge in [0, 0.05) is 23.1 Å². The van der Waals surface area contributed by atoms with Crippen LogP contribution in [-0.4, -0.2) is 29.2 Å². The second-order valence-electron chi connectivity index (χ2n) is 7.93. The van der Waals surface area contributed by atoms with E-state index in [9.17, 15) is 14.4 Å². The Labute approximate surface area is 161 Å². The molecule has 3 amide bonds. The Morgan fingerprint density at radius 2 is 1.73 bits per heavy atom. The van der Waals surface area contributed by atoms with E-state index in [-0.39, 0.29) is 42.5 Å². The number of halogens is 1. The molecule has 3 aliphatic rings. The molecule has 1 aliphatic heterocycles. The van der Waals surface area contributed by atoms with Gasteiger partial charge in [-0.25, -0.2) is 0 Å². The Morgan fingerprint density at radius 1 is 1.12 bits per heavy atom. The summed E-state index contributed by atoms with van der Waals surface area (Å²) in [6.07, 6.45) is 3.31. The number of fused-ring (bicyclic) bond motifs is 5. The SMILES string of the molecule is Cc1cc(NC(=O)CCN2C(=O)[C@@H]3[C@@H]4CC[C@H](C4)[C@@H]3C2=O)c(C)cc1Br. The number of benzene rings is 1. The van der Waals surface area contributed by atoms with Crippen LogP contribution in [0, 0.1) is 37.5 Å². The highest BCUT2D eigenvalue weighted by Gasteiger charge is 2.60. The number of imide groups is 1. The molecule has 0 aromatic heterocycles. The van der Waals surface area contributed by atoms with Crippen molar-refractivity contribution in [1.82, 2.24) is 4.90 Å². The first-order chi connectivity index (χ1) is 12.4. The number of hydrogen-bond donors (Lipinski definition) is 1. The van der Waals surface area contributed by atoms with Crippen molar-refractivity contribution < 1.29 is 14.4 Å². The third kappa shape index (κ3) is 2.79. The van der Waals surface area contributed by atoms with E-state index in [4.69, 9.17) is 0 Å². The molecule has 1 aromatic rings. The molecular formula is C20H23BrN2O3. The lowest BCUT2D eigenvalue weighted by Gasteiger charge is -2.19. The van der Waals surface area contributed by atoms with Gasteiger partial charge in [-0.05, 0) is 68.2 Å². The standard InChI is InChI=1S/C20H23BrN2O3/c1-10-8-15(11(2)7-14(10)21)22-16(24)5-6-23-19(25)17-12-3-4-13(9-12)18(17)20(23)26/h7-8,12-13,17-18H,3-6,9H2,1-2H3,(H,22,24)/t12-,13-,17-,18+/m1/s1. The molecule has 1 heterocycles. The summed E-state index contributed by atoms with van der Waals surface area (Å²) in [5, 5.41) is 2.90. The minimum absolute atomic E-state index is 0.0457. The van der Waals surface area contributed by atoms with E-state index in [2.05, 4.69) is 21.2 Å². The van der Waals surface area contributed by atoms with Gasteiger partial charge in [-0.1, -0.05) is 15.9 Å². The van der Waals surface area contributed by atoms with Crippen LogP contribution in [0.15, 0.2) is 16.6 Å². The Kier molecular flexibility index (Phi) is 4.41. The van der Waals surface area contributed by atoms with Crippen LogP contribution in [0.3, 0.4) is 0 Å². The smallest absolute Gasteiger partial charge is 0.233 e. The maximum Gasteiger partial charge on any atom is 0.233 e. The number of rotatable bonds is 4. The predicted octanol–water partition coefficient (Wildman–Crippen LogP) is 3.43. The zero-order chi connectivity index (χ0) is 18.6. The summed E-state index contributed by atoms with van der Waals surface area (Å²) in [6.45, 7) is 4.09. The molecule has 1 N–H and O–H groups in total. The molecule has 0 spiro atoms. The number of nitrogens with zero attached hydrogens (tertiary/aromatic N) is 1. The molecule has 6 heteroatoms. The average Bonchev–Trinajstić information content (AvgIpc) is 3.26. The van der Waals surface area contributed by atoms with Gasteiger partial charge in [0.05, 0.1) is 11.8 Å². The van der Waals surface area contributed by atoms with Gasteiger partial charge < -0.3 is 5.32 Å². The van der Waals surface area contributed by atoms with Gasteiger partial charge in [0.1, 0.15) is 0 Å². The highest BCUT2D eigenvalue weighted by molar-refractivity contribution is 9.10. The molecule has 2 saturated carbocycles. The molecule has 26 heavy (non-hydrogen) atoms. The maximum atomic E-state index is 12.7. The van der Waals surface area contributed by atoms with E-state index in [0.29, 0.717) is 11.8 Å². The van der Waals surface area contributed by atoms with E-state index in [1.165, 1.54) is 4.90 Å². The molecular weight excluding hydrogens is 396 g/mol. The molecule has 3 fully saturated rings. The number of carbonyl (C=O) groups is 3. The van der Waals surface area contributed by atoms with Crippen LogP contribution < -0.4 is 5.32 Å². The Hall–Kier alpha value is -1.69. The van der Waals surface area contributed by atoms with E-state index in [0.717, 1.165) is 40.5 Å². The van der Waals surface area contributed by atoms with E-state index >= 15 is 0 Å². The molecule has 5 nitrogen and oxygen atoms in total. The van der Waals surface area contributed by atoms with Crippen LogP contribution >= 0.6 is 15.9 Å². The fourth-order valence-electron chi connectivity index (χ4n) is 5.03. The van der Waals surface area contributed by atoms with Crippen molar-refractivity contribution in [3.8, 4) is 0 Å². The Morgan fingerprint density at radius 3 is 2.35 bits per heavy atom. The number of amides is 3. The van der Waals surface area contributed by atoms with Crippen molar-refractivity contribution in [1.29, 1.82) is 0 Å². The monoisotopic (exact) mass is 418 g/mol. The first kappa shape index (κ1) is 17.7. The van der Waals surface area contributed by atoms with Crippen molar-refractivity contribution in [2.45, 2.75) is 39.5 Å².